The number of nitrogens with zero attached hydrogens (tertiary/aromatic N) is 1. The number of halogens is 1. The number of anilines is 1. The van der Waals surface area contributed by atoms with Crippen LogP contribution in [0, 0.1) is 5.82 Å². The molecule has 0 aliphatic carbocycles. The van der Waals surface area contributed by atoms with Gasteiger partial charge >= 0.3 is 180 Å². The van der Waals surface area contributed by atoms with Gasteiger partial charge in [-0.15, -0.1) is 0 Å². The van der Waals surface area contributed by atoms with Gasteiger partial charge < -0.3 is 0 Å². The van der Waals surface area contributed by atoms with Crippen molar-refractivity contribution in [3.8, 4) is 28.0 Å². The molecule has 7 nitrogen and oxygen atoms in total. The third-order valence-electron chi connectivity index (χ3n) is 8.64. The van der Waals surface area contributed by atoms with Crippen LogP contribution in [0.1, 0.15) is 34.8 Å². The number of carbonyl (C=O) groups is 2. The Hall–Kier alpha value is -4.37. The van der Waals surface area contributed by atoms with Crippen LogP contribution in [-0.4, -0.2) is 40.5 Å². The Labute approximate surface area is 283 Å². The predicted octanol–water partition coefficient (Wildman–Crippen LogP) is 8.72. The van der Waals surface area contributed by atoms with Crippen LogP contribution in [0.15, 0.2) is 121 Å². The molecular formula is C38H35FNO6PS. The maximum absolute atomic E-state index is 13.7. The van der Waals surface area contributed by atoms with Crippen molar-refractivity contribution in [3.05, 3.63) is 138 Å². The van der Waals surface area contributed by atoms with Gasteiger partial charge in [0.25, 0.3) is 0 Å². The molecule has 5 aromatic carbocycles. The Kier molecular flexibility index (Phi) is 10.1. The summed E-state index contributed by atoms with van der Waals surface area (Å²) in [5.74, 6) is -0.551. The van der Waals surface area contributed by atoms with Crippen molar-refractivity contribution in [2.45, 2.75) is 24.1 Å². The molecule has 0 bridgehead atoms. The summed E-state index contributed by atoms with van der Waals surface area (Å²) in [4.78, 5) is 39.1. The van der Waals surface area contributed by atoms with Crippen LogP contribution in [0.2, 0.25) is 0 Å². The Morgan fingerprint density at radius 2 is 1.40 bits per heavy atom. The fourth-order valence-corrected chi connectivity index (χ4v) is 8.47. The molecule has 0 spiro atoms. The van der Waals surface area contributed by atoms with Crippen molar-refractivity contribution in [2.24, 2.45) is 0 Å². The van der Waals surface area contributed by atoms with E-state index in [9.17, 15) is 24.0 Å². The minimum absolute atomic E-state index is 0.0114. The van der Waals surface area contributed by atoms with Crippen LogP contribution in [0.3, 0.4) is 0 Å². The monoisotopic (exact) mass is 683 g/mol. The number of thioether (sulfide) groups is 1. The second-order valence-corrected chi connectivity index (χ2v) is 15.2. The van der Waals surface area contributed by atoms with Crippen molar-refractivity contribution < 1.29 is 33.0 Å². The van der Waals surface area contributed by atoms with E-state index >= 15 is 0 Å². The van der Waals surface area contributed by atoms with E-state index in [0.717, 1.165) is 34.0 Å². The first-order chi connectivity index (χ1) is 23.2. The zero-order chi connectivity index (χ0) is 33.8. The first-order valence-corrected chi connectivity index (χ1v) is 18.1. The van der Waals surface area contributed by atoms with Gasteiger partial charge in [0, 0.05) is 5.56 Å². The van der Waals surface area contributed by atoms with Crippen molar-refractivity contribution in [1.82, 2.24) is 0 Å². The molecule has 1 saturated heterocycles. The van der Waals surface area contributed by atoms with E-state index in [1.807, 2.05) is 78.9 Å². The molecule has 1 aliphatic rings. The SMILES string of the molecule is CO[PH](O)(OC)c1ccc(-c2ccc([C@@H]3[C@@H](CCC(=O)c4ccc(F)cc4)SC(=O)N3c3ccc(-c4ccccc4)cc3)c(O)c2)cc1. The molecular weight excluding hydrogens is 648 g/mol. The minimum atomic E-state index is -3.48. The van der Waals surface area contributed by atoms with Gasteiger partial charge in [0.1, 0.15) is 5.82 Å². The summed E-state index contributed by atoms with van der Waals surface area (Å²) in [5.41, 5.74) is 5.24. The molecule has 48 heavy (non-hydrogen) atoms. The molecule has 0 aromatic heterocycles. The van der Waals surface area contributed by atoms with Gasteiger partial charge in [0.2, 0.25) is 0 Å². The molecule has 6 rings (SSSR count). The summed E-state index contributed by atoms with van der Waals surface area (Å²) >= 11 is 1.15. The van der Waals surface area contributed by atoms with Crippen LogP contribution in [0.5, 0.6) is 5.75 Å². The van der Waals surface area contributed by atoms with Gasteiger partial charge in [0.15, 0.2) is 5.78 Å². The number of benzene rings is 5. The molecule has 1 heterocycles. The number of aromatic hydroxyl groups is 1. The number of rotatable bonds is 11. The van der Waals surface area contributed by atoms with E-state index in [4.69, 9.17) is 9.05 Å². The van der Waals surface area contributed by atoms with Gasteiger partial charge in [0.05, 0.1) is 0 Å². The van der Waals surface area contributed by atoms with Gasteiger partial charge in [-0.05, 0) is 35.4 Å². The molecule has 1 aliphatic heterocycles. The molecule has 10 heteroatoms. The molecule has 1 fully saturated rings. The normalized spacial score (nSPS) is 16.7. The Balaban J connectivity index is 1.32. The van der Waals surface area contributed by atoms with E-state index in [0.29, 0.717) is 28.5 Å². The number of hydrogen-bond acceptors (Lipinski definition) is 7. The number of ketones is 1. The Morgan fingerprint density at radius 3 is 2.02 bits per heavy atom. The van der Waals surface area contributed by atoms with Crippen LogP contribution in [0.4, 0.5) is 14.9 Å². The van der Waals surface area contributed by atoms with Gasteiger partial charge in [-0.3, -0.25) is 4.79 Å². The molecule has 5 aromatic rings. The predicted molar refractivity (Wildman–Crippen MR) is 192 cm³/mol. The number of hydrogen-bond donors (Lipinski definition) is 2. The Morgan fingerprint density at radius 1 is 0.812 bits per heavy atom. The van der Waals surface area contributed by atoms with Crippen molar-refractivity contribution >= 4 is 41.7 Å². The third kappa shape index (κ3) is 6.92. The van der Waals surface area contributed by atoms with Gasteiger partial charge in [-0.25, -0.2) is 4.39 Å². The van der Waals surface area contributed by atoms with Crippen LogP contribution >= 0.6 is 19.7 Å². The number of phenolic OH excluding ortho intramolecular Hbond substituents is 1. The van der Waals surface area contributed by atoms with Crippen molar-refractivity contribution in [1.29, 1.82) is 0 Å². The van der Waals surface area contributed by atoms with Gasteiger partial charge in [-0.2, -0.15) is 0 Å². The summed E-state index contributed by atoms with van der Waals surface area (Å²) in [5, 5.41) is 11.5. The summed E-state index contributed by atoms with van der Waals surface area (Å²) in [6.45, 7) is 0. The van der Waals surface area contributed by atoms with E-state index in [1.165, 1.54) is 38.5 Å². The molecule has 0 unspecified atom stereocenters. The zero-order valence-electron chi connectivity index (χ0n) is 26.4. The van der Waals surface area contributed by atoms with Crippen LogP contribution in [-0.2, 0) is 9.05 Å². The van der Waals surface area contributed by atoms with Gasteiger partial charge in [-0.1, -0.05) is 42.5 Å². The Bertz CT molecular complexity index is 1900. The third-order valence-corrected chi connectivity index (χ3v) is 12.0. The number of Topliss-reactive ketones (excluding diaryl/α,β-unsaturated/α-hetero) is 1. The summed E-state index contributed by atoms with van der Waals surface area (Å²) in [6.07, 6.45) is 0.516. The van der Waals surface area contributed by atoms with Crippen molar-refractivity contribution in [3.63, 3.8) is 0 Å². The van der Waals surface area contributed by atoms with Crippen LogP contribution < -0.4 is 10.2 Å². The molecule has 246 valence electrons. The summed E-state index contributed by atoms with van der Waals surface area (Å²) in [7, 11) is -0.678. The molecule has 0 saturated carbocycles. The molecule has 2 N–H and O–H groups in total. The van der Waals surface area contributed by atoms with Crippen molar-refractivity contribution in [2.75, 3.05) is 19.1 Å². The fraction of sp³-hybridized carbons (Fsp3) is 0.158. The number of phenols is 1. The standard InChI is InChI=1S/C38H35FNO6PS/c1-45-47(44,46-2)32-19-12-27(13-20-32)29-14-21-33(35(42)24-29)37-36(23-22-34(41)28-8-15-30(39)16-9-28)48-38(43)40(37)31-17-10-26(11-18-31)25-6-4-3-5-7-25/h3-21,24,36-37,42,44,47H,22-23H2,1-2H3/t36-,37-/m1/s1. The van der Waals surface area contributed by atoms with E-state index in [-0.39, 0.29) is 28.4 Å². The van der Waals surface area contributed by atoms with E-state index < -0.39 is 19.8 Å². The zero-order valence-corrected chi connectivity index (χ0v) is 28.2. The summed E-state index contributed by atoms with van der Waals surface area (Å²) < 4.78 is 23.9. The maximum atomic E-state index is 13.7. The molecule has 2 atom stereocenters. The van der Waals surface area contributed by atoms with E-state index in [2.05, 4.69) is 0 Å². The second-order valence-electron chi connectivity index (χ2n) is 11.5. The van der Waals surface area contributed by atoms with Crippen LogP contribution in [0.25, 0.3) is 22.3 Å². The van der Waals surface area contributed by atoms with E-state index in [1.54, 1.807) is 23.1 Å². The summed E-state index contributed by atoms with van der Waals surface area (Å²) in [6, 6.07) is 35.0. The first kappa shape index (κ1) is 33.5. The first-order valence-electron chi connectivity index (χ1n) is 15.4. The fourth-order valence-electron chi connectivity index (χ4n) is 6.02. The molecule has 1 amide bonds. The number of carbonyl (C=O) groups excluding carboxylic acids is 2. The topological polar surface area (TPSA) is 96.3 Å². The second kappa shape index (κ2) is 14.4. The average molecular weight is 684 g/mol. The quantitative estimate of drug-likeness (QED) is 0.106. The average Bonchev–Trinajstić information content (AvgIpc) is 3.46. The molecule has 0 radical (unpaired) electrons. The number of amides is 1.